The van der Waals surface area contributed by atoms with Crippen molar-refractivity contribution in [2.45, 2.75) is 270 Å². The van der Waals surface area contributed by atoms with Gasteiger partial charge in [-0.3, -0.25) is 9.59 Å². The molecule has 442 valence electrons. The molecule has 0 fully saturated rings. The molecule has 0 rings (SSSR count). The fraction of sp³-hybridized carbons (Fsp3) is 0.721. The van der Waals surface area contributed by atoms with E-state index < -0.39 is 24.3 Å². The first-order valence-electron chi connectivity index (χ1n) is 31.4. The Bertz CT molecular complexity index is 1580. The average molecular weight is 1080 g/mol. The number of unbranched alkanes of at least 4 members (excludes halogenated alkanes) is 26. The van der Waals surface area contributed by atoms with Crippen molar-refractivity contribution in [2.75, 3.05) is 47.5 Å². The number of carboxylic acid groups (broad SMARTS) is 1. The Kier molecular flexibility index (Phi) is 55.5. The van der Waals surface area contributed by atoms with E-state index in [1.54, 1.807) is 0 Å². The second-order valence-corrected chi connectivity index (χ2v) is 22.0. The van der Waals surface area contributed by atoms with Crippen LogP contribution in [0.5, 0.6) is 0 Å². The summed E-state index contributed by atoms with van der Waals surface area (Å²) in [6.07, 6.45) is 76.3. The van der Waals surface area contributed by atoms with E-state index in [-0.39, 0.29) is 32.2 Å². The van der Waals surface area contributed by atoms with E-state index in [0.717, 1.165) is 89.9 Å². The molecule has 0 aromatic heterocycles. The molecular formula is C68H118NO8+. The van der Waals surface area contributed by atoms with Crippen LogP contribution in [0.3, 0.4) is 0 Å². The lowest BCUT2D eigenvalue weighted by Crippen LogP contribution is -2.40. The maximum Gasteiger partial charge on any atom is 0.361 e. The molecule has 0 aliphatic heterocycles. The van der Waals surface area contributed by atoms with Crippen LogP contribution in [-0.4, -0.2) is 87.4 Å². The summed E-state index contributed by atoms with van der Waals surface area (Å²) in [5.74, 6) is -2.02. The lowest BCUT2D eigenvalue weighted by atomic mass is 10.0. The molecule has 0 saturated carbocycles. The minimum Gasteiger partial charge on any atom is -0.477 e. The Balaban J connectivity index is 4.23. The van der Waals surface area contributed by atoms with Crippen molar-refractivity contribution < 1.29 is 42.9 Å². The molecule has 2 unspecified atom stereocenters. The van der Waals surface area contributed by atoms with Gasteiger partial charge in [0.25, 0.3) is 6.29 Å². The number of hydrogen-bond donors (Lipinski definition) is 1. The Morgan fingerprint density at radius 2 is 0.740 bits per heavy atom. The third-order valence-corrected chi connectivity index (χ3v) is 13.3. The normalized spacial score (nSPS) is 13.4. The summed E-state index contributed by atoms with van der Waals surface area (Å²) in [6.45, 7) is 4.75. The molecular weight excluding hydrogens is 959 g/mol. The van der Waals surface area contributed by atoms with Crippen LogP contribution < -0.4 is 0 Å². The molecule has 0 aromatic rings. The van der Waals surface area contributed by atoms with Crippen LogP contribution in [-0.2, 0) is 33.3 Å². The number of aliphatic carboxylic acids is 1. The highest BCUT2D eigenvalue weighted by atomic mass is 16.7. The van der Waals surface area contributed by atoms with Gasteiger partial charge in [-0.15, -0.1) is 0 Å². The van der Waals surface area contributed by atoms with Gasteiger partial charge in [0.15, 0.2) is 6.10 Å². The molecule has 0 amide bonds. The molecule has 0 saturated heterocycles. The molecule has 0 bridgehead atoms. The van der Waals surface area contributed by atoms with Crippen LogP contribution in [0.2, 0.25) is 0 Å². The summed E-state index contributed by atoms with van der Waals surface area (Å²) in [6, 6.07) is 0. The minimum atomic E-state index is -1.52. The van der Waals surface area contributed by atoms with E-state index in [0.29, 0.717) is 23.9 Å². The SMILES string of the molecule is CC/C=C\C/C=C\C/C=C\C/C=C\C/C=C\CCCCCCCCCCCC(=O)OC(COC(=O)CCCCCCCCCCCCCC/C=C\C/C=C\C/C=C\CCCCCCC)COC(OCC[N+](C)(C)C)C(=O)O. The van der Waals surface area contributed by atoms with Gasteiger partial charge in [-0.05, 0) is 96.3 Å². The second kappa shape index (κ2) is 58.4. The Labute approximate surface area is 473 Å². The van der Waals surface area contributed by atoms with E-state index in [9.17, 15) is 19.5 Å². The molecule has 9 heteroatoms. The van der Waals surface area contributed by atoms with Crippen molar-refractivity contribution in [3.8, 4) is 0 Å². The lowest BCUT2D eigenvalue weighted by Gasteiger charge is -2.25. The predicted octanol–water partition coefficient (Wildman–Crippen LogP) is 18.9. The molecule has 0 aliphatic carbocycles. The standard InChI is InChI=1S/C68H117NO8/c1-6-8-10-12-14-16-18-20-22-24-26-28-30-32-33-35-36-38-40-42-44-46-48-50-52-54-56-58-65(70)75-62-64(63-76-68(67(72)73)74-61-60-69(3,4)5)77-66(71)59-57-55-53-51-49-47-45-43-41-39-37-34-31-29-27-25-23-21-19-17-15-13-11-9-7-2/h9,11,15,17-18,20-21,23-24,26-27,29-30,32,34,37,64,68H,6-8,10,12-14,16,19,22,25,28,31,33,35-36,38-63H2,1-5H3/p+1/b11-9-,17-15-,20-18-,23-21-,26-24-,29-27-,32-30-,37-34-. The minimum absolute atomic E-state index is 0.182. The van der Waals surface area contributed by atoms with Crippen molar-refractivity contribution >= 4 is 17.9 Å². The largest absolute Gasteiger partial charge is 0.477 e. The van der Waals surface area contributed by atoms with Crippen LogP contribution in [0.1, 0.15) is 258 Å². The number of likely N-dealkylation sites (N-methyl/N-ethyl adjacent to an activating group) is 1. The van der Waals surface area contributed by atoms with Gasteiger partial charge in [-0.25, -0.2) is 4.79 Å². The number of carbonyl (C=O) groups is 3. The van der Waals surface area contributed by atoms with Gasteiger partial charge in [0.1, 0.15) is 13.2 Å². The number of rotatable bonds is 57. The molecule has 77 heavy (non-hydrogen) atoms. The average Bonchev–Trinajstić information content (AvgIpc) is 3.40. The maximum atomic E-state index is 12.9. The number of nitrogens with zero attached hydrogens (tertiary/aromatic N) is 1. The predicted molar refractivity (Wildman–Crippen MR) is 327 cm³/mol. The zero-order valence-electron chi connectivity index (χ0n) is 50.3. The highest BCUT2D eigenvalue weighted by molar-refractivity contribution is 5.71. The van der Waals surface area contributed by atoms with E-state index in [1.807, 2.05) is 21.1 Å². The van der Waals surface area contributed by atoms with Gasteiger partial charge in [0.05, 0.1) is 34.4 Å². The van der Waals surface area contributed by atoms with Crippen molar-refractivity contribution in [3.63, 3.8) is 0 Å². The lowest BCUT2D eigenvalue weighted by molar-refractivity contribution is -0.870. The monoisotopic (exact) mass is 1080 g/mol. The number of allylic oxidation sites excluding steroid dienone is 16. The molecule has 1 N–H and O–H groups in total. The third kappa shape index (κ3) is 59.7. The fourth-order valence-electron chi connectivity index (χ4n) is 8.52. The van der Waals surface area contributed by atoms with E-state index >= 15 is 0 Å². The Morgan fingerprint density at radius 1 is 0.403 bits per heavy atom. The van der Waals surface area contributed by atoms with Crippen molar-refractivity contribution in [3.05, 3.63) is 97.2 Å². The highest BCUT2D eigenvalue weighted by Gasteiger charge is 2.25. The number of carboxylic acids is 1. The number of hydrogen-bond acceptors (Lipinski definition) is 7. The molecule has 0 heterocycles. The highest BCUT2D eigenvalue weighted by Crippen LogP contribution is 2.16. The number of quaternary nitrogens is 1. The van der Waals surface area contributed by atoms with Gasteiger partial charge in [0, 0.05) is 12.8 Å². The topological polar surface area (TPSA) is 108 Å². The van der Waals surface area contributed by atoms with Gasteiger partial charge in [-0.2, -0.15) is 0 Å². The summed E-state index contributed by atoms with van der Waals surface area (Å²) in [7, 11) is 5.97. The van der Waals surface area contributed by atoms with Crippen molar-refractivity contribution in [1.82, 2.24) is 0 Å². The van der Waals surface area contributed by atoms with Crippen molar-refractivity contribution in [2.24, 2.45) is 0 Å². The summed E-state index contributed by atoms with van der Waals surface area (Å²) in [5, 5.41) is 9.72. The first-order valence-corrected chi connectivity index (χ1v) is 31.4. The fourth-order valence-corrected chi connectivity index (χ4v) is 8.52. The van der Waals surface area contributed by atoms with Gasteiger partial charge in [-0.1, -0.05) is 246 Å². The second-order valence-electron chi connectivity index (χ2n) is 22.0. The van der Waals surface area contributed by atoms with Crippen LogP contribution in [0.15, 0.2) is 97.2 Å². The molecule has 0 aliphatic rings. The zero-order valence-corrected chi connectivity index (χ0v) is 50.3. The summed E-state index contributed by atoms with van der Waals surface area (Å²) < 4.78 is 22.9. The van der Waals surface area contributed by atoms with E-state index in [1.165, 1.54) is 135 Å². The van der Waals surface area contributed by atoms with E-state index in [4.69, 9.17) is 18.9 Å². The van der Waals surface area contributed by atoms with Crippen LogP contribution in [0.25, 0.3) is 0 Å². The maximum absolute atomic E-state index is 12.9. The third-order valence-electron chi connectivity index (χ3n) is 13.3. The van der Waals surface area contributed by atoms with Crippen LogP contribution in [0.4, 0.5) is 0 Å². The summed E-state index contributed by atoms with van der Waals surface area (Å²) >= 11 is 0. The van der Waals surface area contributed by atoms with Crippen LogP contribution >= 0.6 is 0 Å². The first-order chi connectivity index (χ1) is 37.6. The Hall–Kier alpha value is -3.79. The number of carbonyl (C=O) groups excluding carboxylic acids is 2. The zero-order chi connectivity index (χ0) is 56.2. The molecule has 2 atom stereocenters. The van der Waals surface area contributed by atoms with Crippen molar-refractivity contribution in [1.29, 1.82) is 0 Å². The van der Waals surface area contributed by atoms with E-state index in [2.05, 4.69) is 111 Å². The summed E-state index contributed by atoms with van der Waals surface area (Å²) in [4.78, 5) is 37.5. The van der Waals surface area contributed by atoms with Gasteiger partial charge in [0.2, 0.25) is 0 Å². The van der Waals surface area contributed by atoms with Gasteiger partial charge >= 0.3 is 17.9 Å². The number of ether oxygens (including phenoxy) is 4. The molecule has 0 spiro atoms. The smallest absolute Gasteiger partial charge is 0.361 e. The van der Waals surface area contributed by atoms with Gasteiger partial charge < -0.3 is 28.5 Å². The van der Waals surface area contributed by atoms with Crippen LogP contribution in [0, 0.1) is 0 Å². The molecule has 0 radical (unpaired) electrons. The molecule has 9 nitrogen and oxygen atoms in total. The molecule has 0 aromatic carbocycles. The Morgan fingerprint density at radius 3 is 1.10 bits per heavy atom. The number of esters is 2. The first kappa shape index (κ1) is 73.2. The quantitative estimate of drug-likeness (QED) is 0.0211. The summed E-state index contributed by atoms with van der Waals surface area (Å²) in [5.41, 5.74) is 0.